The highest BCUT2D eigenvalue weighted by atomic mass is 16.2. The van der Waals surface area contributed by atoms with E-state index < -0.39 is 17.2 Å². The molecule has 3 amide bonds. The minimum Gasteiger partial charge on any atom is -0.366 e. The summed E-state index contributed by atoms with van der Waals surface area (Å²) in [6, 6.07) is 15.4. The van der Waals surface area contributed by atoms with Gasteiger partial charge < -0.3 is 21.7 Å². The molecule has 1 fully saturated rings. The standard InChI is InChI=1S/C25H27N9O3/c26-14-20-2-1-13-34(20)21(35)15-29-12-11-25(24-30-32-33-31-24,18-7-3-16(4-8-18)22(27)36)19-9-5-17(6-10-19)23(28)37/h3-10,20,29H,1-2,11-13,15H2,(H2,27,36)(H2,28,37)(H,30,31,32,33)/t20-/m0/s1. The molecular weight excluding hydrogens is 474 g/mol. The van der Waals surface area contributed by atoms with E-state index >= 15 is 0 Å². The van der Waals surface area contributed by atoms with Crippen molar-refractivity contribution in [2.24, 2.45) is 11.5 Å². The molecule has 0 unspecified atom stereocenters. The highest BCUT2D eigenvalue weighted by molar-refractivity contribution is 5.93. The predicted molar refractivity (Wildman–Crippen MR) is 132 cm³/mol. The predicted octanol–water partition coefficient (Wildman–Crippen LogP) is 0.226. The molecule has 6 N–H and O–H groups in total. The van der Waals surface area contributed by atoms with Gasteiger partial charge in [-0.05, 0) is 61.2 Å². The molecule has 0 radical (unpaired) electrons. The van der Waals surface area contributed by atoms with E-state index in [9.17, 15) is 19.6 Å². The van der Waals surface area contributed by atoms with Crippen molar-refractivity contribution in [2.45, 2.75) is 30.7 Å². The van der Waals surface area contributed by atoms with Crippen LogP contribution in [0.4, 0.5) is 0 Å². The smallest absolute Gasteiger partial charge is 0.248 e. The maximum absolute atomic E-state index is 12.7. The van der Waals surface area contributed by atoms with Gasteiger partial charge in [0, 0.05) is 17.7 Å². The number of amides is 3. The van der Waals surface area contributed by atoms with Crippen LogP contribution in [0.2, 0.25) is 0 Å². The van der Waals surface area contributed by atoms with E-state index in [1.807, 2.05) is 0 Å². The number of benzene rings is 2. The van der Waals surface area contributed by atoms with Gasteiger partial charge in [-0.3, -0.25) is 14.4 Å². The van der Waals surface area contributed by atoms with Gasteiger partial charge in [0.25, 0.3) is 0 Å². The number of carbonyl (C=O) groups excluding carboxylic acids is 3. The zero-order chi connectivity index (χ0) is 26.4. The fraction of sp³-hybridized carbons (Fsp3) is 0.320. The quantitative estimate of drug-likeness (QED) is 0.283. The molecule has 0 aliphatic carbocycles. The number of nitrogens with zero attached hydrogens (tertiary/aromatic N) is 5. The molecule has 4 rings (SSSR count). The van der Waals surface area contributed by atoms with Crippen LogP contribution < -0.4 is 16.8 Å². The molecule has 2 heterocycles. The van der Waals surface area contributed by atoms with Crippen LogP contribution in [0.15, 0.2) is 48.5 Å². The fourth-order valence-corrected chi connectivity index (χ4v) is 4.78. The van der Waals surface area contributed by atoms with Gasteiger partial charge in [-0.2, -0.15) is 10.5 Å². The number of H-pyrrole nitrogens is 1. The van der Waals surface area contributed by atoms with Crippen LogP contribution in [0.25, 0.3) is 0 Å². The molecule has 0 spiro atoms. The lowest BCUT2D eigenvalue weighted by atomic mass is 9.71. The van der Waals surface area contributed by atoms with Crippen molar-refractivity contribution in [3.8, 4) is 6.07 Å². The first-order valence-electron chi connectivity index (χ1n) is 11.8. The summed E-state index contributed by atoms with van der Waals surface area (Å²) in [5.41, 5.74) is 12.1. The summed E-state index contributed by atoms with van der Waals surface area (Å²) < 4.78 is 0. The molecule has 3 aromatic rings. The monoisotopic (exact) mass is 501 g/mol. The Labute approximate surface area is 213 Å². The molecule has 2 aromatic carbocycles. The largest absolute Gasteiger partial charge is 0.366 e. The van der Waals surface area contributed by atoms with E-state index in [2.05, 4.69) is 32.0 Å². The SMILES string of the molecule is N#C[C@@H]1CCCN1C(=O)CNCCC(c1ccc(C(N)=O)cc1)(c1ccc(C(N)=O)cc1)c1nn[nH]n1. The Kier molecular flexibility index (Phi) is 7.55. The number of aromatic amines is 1. The Bertz CT molecular complexity index is 1240. The highest BCUT2D eigenvalue weighted by Crippen LogP contribution is 2.40. The highest BCUT2D eigenvalue weighted by Gasteiger charge is 2.40. The van der Waals surface area contributed by atoms with E-state index in [0.29, 0.717) is 42.9 Å². The van der Waals surface area contributed by atoms with Gasteiger partial charge in [0.2, 0.25) is 17.7 Å². The average molecular weight is 502 g/mol. The van der Waals surface area contributed by atoms with Crippen molar-refractivity contribution in [3.05, 3.63) is 76.6 Å². The number of rotatable bonds is 10. The van der Waals surface area contributed by atoms with Gasteiger partial charge in [-0.1, -0.05) is 29.5 Å². The number of tetrazole rings is 1. The lowest BCUT2D eigenvalue weighted by molar-refractivity contribution is -0.130. The van der Waals surface area contributed by atoms with Gasteiger partial charge in [0.1, 0.15) is 6.04 Å². The number of primary amides is 2. The third-order valence-electron chi connectivity index (χ3n) is 6.73. The zero-order valence-corrected chi connectivity index (χ0v) is 20.1. The maximum Gasteiger partial charge on any atom is 0.248 e. The van der Waals surface area contributed by atoms with E-state index in [0.717, 1.165) is 17.5 Å². The number of likely N-dealkylation sites (tertiary alicyclic amines) is 1. The van der Waals surface area contributed by atoms with Crippen LogP contribution in [0.5, 0.6) is 0 Å². The van der Waals surface area contributed by atoms with Crippen LogP contribution in [-0.4, -0.2) is 68.9 Å². The lowest BCUT2D eigenvalue weighted by Gasteiger charge is -2.32. The summed E-state index contributed by atoms with van der Waals surface area (Å²) in [6.45, 7) is 1.02. The van der Waals surface area contributed by atoms with Crippen molar-refractivity contribution >= 4 is 17.7 Å². The van der Waals surface area contributed by atoms with E-state index in [1.165, 1.54) is 0 Å². The summed E-state index contributed by atoms with van der Waals surface area (Å²) in [7, 11) is 0. The fourth-order valence-electron chi connectivity index (χ4n) is 4.78. The Morgan fingerprint density at radius 1 is 1.05 bits per heavy atom. The minimum atomic E-state index is -0.960. The average Bonchev–Trinajstić information content (AvgIpc) is 3.62. The first-order valence-corrected chi connectivity index (χ1v) is 11.8. The van der Waals surface area contributed by atoms with E-state index in [1.54, 1.807) is 53.4 Å². The number of carbonyl (C=O) groups is 3. The zero-order valence-electron chi connectivity index (χ0n) is 20.1. The molecule has 1 aliphatic rings. The number of hydrogen-bond acceptors (Lipinski definition) is 8. The number of aromatic nitrogens is 4. The Balaban J connectivity index is 1.66. The maximum atomic E-state index is 12.7. The molecule has 1 aliphatic heterocycles. The van der Waals surface area contributed by atoms with Crippen LogP contribution in [-0.2, 0) is 10.2 Å². The van der Waals surface area contributed by atoms with Crippen LogP contribution in [0, 0.1) is 11.3 Å². The third-order valence-corrected chi connectivity index (χ3v) is 6.73. The summed E-state index contributed by atoms with van der Waals surface area (Å²) >= 11 is 0. The molecule has 12 heteroatoms. The Morgan fingerprint density at radius 3 is 2.14 bits per heavy atom. The number of nitrogens with one attached hydrogen (secondary N) is 2. The van der Waals surface area contributed by atoms with Gasteiger partial charge in [0.15, 0.2) is 5.82 Å². The Hall–Kier alpha value is -4.63. The normalized spacial score (nSPS) is 15.3. The second-order valence-electron chi connectivity index (χ2n) is 8.82. The molecule has 37 heavy (non-hydrogen) atoms. The van der Waals surface area contributed by atoms with Crippen LogP contribution in [0.1, 0.15) is 56.9 Å². The Morgan fingerprint density at radius 2 is 1.65 bits per heavy atom. The molecule has 0 bridgehead atoms. The van der Waals surface area contributed by atoms with Crippen LogP contribution >= 0.6 is 0 Å². The number of nitrogens with two attached hydrogens (primary N) is 2. The molecule has 190 valence electrons. The van der Waals surface area contributed by atoms with Crippen LogP contribution in [0.3, 0.4) is 0 Å². The molecular formula is C25H27N9O3. The van der Waals surface area contributed by atoms with Gasteiger partial charge in [0.05, 0.1) is 18.0 Å². The number of hydrogen-bond donors (Lipinski definition) is 4. The minimum absolute atomic E-state index is 0.0712. The first kappa shape index (κ1) is 25.5. The van der Waals surface area contributed by atoms with Gasteiger partial charge >= 0.3 is 0 Å². The van der Waals surface area contributed by atoms with Gasteiger partial charge in [-0.15, -0.1) is 10.2 Å². The van der Waals surface area contributed by atoms with E-state index in [4.69, 9.17) is 11.5 Å². The summed E-state index contributed by atoms with van der Waals surface area (Å²) in [5.74, 6) is -0.880. The molecule has 1 aromatic heterocycles. The molecule has 12 nitrogen and oxygen atoms in total. The second-order valence-corrected chi connectivity index (χ2v) is 8.82. The van der Waals surface area contributed by atoms with Crippen molar-refractivity contribution in [1.29, 1.82) is 5.26 Å². The molecule has 1 saturated heterocycles. The summed E-state index contributed by atoms with van der Waals surface area (Å²) in [4.78, 5) is 37.6. The summed E-state index contributed by atoms with van der Waals surface area (Å²) in [5, 5.41) is 27.3. The number of nitriles is 1. The summed E-state index contributed by atoms with van der Waals surface area (Å²) in [6.07, 6.45) is 1.90. The third kappa shape index (κ3) is 5.17. The van der Waals surface area contributed by atoms with Crippen molar-refractivity contribution in [2.75, 3.05) is 19.6 Å². The van der Waals surface area contributed by atoms with Crippen molar-refractivity contribution in [1.82, 2.24) is 30.8 Å². The lowest BCUT2D eigenvalue weighted by Crippen LogP contribution is -2.42. The molecule has 0 saturated carbocycles. The van der Waals surface area contributed by atoms with Crippen molar-refractivity contribution in [3.63, 3.8) is 0 Å². The molecule has 1 atom stereocenters. The van der Waals surface area contributed by atoms with Crippen molar-refractivity contribution < 1.29 is 14.4 Å². The van der Waals surface area contributed by atoms with Gasteiger partial charge in [-0.25, -0.2) is 0 Å². The first-order chi connectivity index (χ1) is 17.9. The topological polar surface area (TPSA) is 197 Å². The van der Waals surface area contributed by atoms with E-state index in [-0.39, 0.29) is 18.5 Å². The second kappa shape index (κ2) is 11.0.